The van der Waals surface area contributed by atoms with Crippen LogP contribution >= 0.6 is 0 Å². The number of carbonyl (C=O) groups excluding carboxylic acids is 2. The Bertz CT molecular complexity index is 880. The summed E-state index contributed by atoms with van der Waals surface area (Å²) < 4.78 is 12.9. The maximum atomic E-state index is 12.9. The zero-order valence-electron chi connectivity index (χ0n) is 18.2. The molecule has 0 heterocycles. The molecule has 0 atom stereocenters. The minimum absolute atomic E-state index is 0.0356. The highest BCUT2D eigenvalue weighted by Gasteiger charge is 2.07. The van der Waals surface area contributed by atoms with Crippen LogP contribution in [0.1, 0.15) is 28.4 Å². The molecule has 0 radical (unpaired) electrons. The van der Waals surface area contributed by atoms with Gasteiger partial charge in [0, 0.05) is 39.3 Å². The lowest BCUT2D eigenvalue weighted by Gasteiger charge is -2.12. The van der Waals surface area contributed by atoms with Crippen molar-refractivity contribution in [2.24, 2.45) is 4.99 Å². The normalized spacial score (nSPS) is 11.0. The lowest BCUT2D eigenvalue weighted by atomic mass is 10.1. The first kappa shape index (κ1) is 23.9. The summed E-state index contributed by atoms with van der Waals surface area (Å²) in [5, 5.41) is 9.17. The summed E-state index contributed by atoms with van der Waals surface area (Å²) in [6, 6.07) is 13.3. The Morgan fingerprint density at radius 2 is 1.52 bits per heavy atom. The van der Waals surface area contributed by atoms with Crippen LogP contribution in [0, 0.1) is 5.82 Å². The molecule has 8 heteroatoms. The van der Waals surface area contributed by atoms with Crippen LogP contribution in [0.2, 0.25) is 0 Å². The van der Waals surface area contributed by atoms with Crippen molar-refractivity contribution in [2.75, 3.05) is 33.7 Å². The van der Waals surface area contributed by atoms with Crippen molar-refractivity contribution in [3.63, 3.8) is 0 Å². The third-order valence-electron chi connectivity index (χ3n) is 4.39. The van der Waals surface area contributed by atoms with Gasteiger partial charge in [-0.25, -0.2) is 9.38 Å². The van der Waals surface area contributed by atoms with Crippen molar-refractivity contribution in [1.29, 1.82) is 0 Å². The predicted molar refractivity (Wildman–Crippen MR) is 120 cm³/mol. The molecule has 31 heavy (non-hydrogen) atoms. The van der Waals surface area contributed by atoms with Crippen molar-refractivity contribution in [1.82, 2.24) is 20.9 Å². The fourth-order valence-electron chi connectivity index (χ4n) is 2.76. The number of benzene rings is 2. The molecule has 166 valence electrons. The average Bonchev–Trinajstić information content (AvgIpc) is 2.76. The maximum Gasteiger partial charge on any atom is 0.253 e. The van der Waals surface area contributed by atoms with E-state index in [-0.39, 0.29) is 24.1 Å². The van der Waals surface area contributed by atoms with Crippen LogP contribution in [-0.2, 0) is 17.8 Å². The van der Waals surface area contributed by atoms with Gasteiger partial charge in [0.2, 0.25) is 5.91 Å². The van der Waals surface area contributed by atoms with Crippen LogP contribution in [0.3, 0.4) is 0 Å². The van der Waals surface area contributed by atoms with Crippen LogP contribution < -0.4 is 16.0 Å². The van der Waals surface area contributed by atoms with Crippen molar-refractivity contribution >= 4 is 17.8 Å². The molecule has 2 rings (SSSR count). The van der Waals surface area contributed by atoms with E-state index in [4.69, 9.17) is 0 Å². The number of amides is 2. The van der Waals surface area contributed by atoms with E-state index in [1.165, 1.54) is 12.1 Å². The molecule has 2 amide bonds. The van der Waals surface area contributed by atoms with Crippen LogP contribution in [0.25, 0.3) is 0 Å². The van der Waals surface area contributed by atoms with Crippen LogP contribution in [-0.4, -0.2) is 56.4 Å². The molecule has 0 aliphatic carbocycles. The first-order chi connectivity index (χ1) is 14.9. The first-order valence-corrected chi connectivity index (χ1v) is 10.2. The Morgan fingerprint density at radius 3 is 2.13 bits per heavy atom. The van der Waals surface area contributed by atoms with Gasteiger partial charge in [-0.05, 0) is 42.3 Å². The lowest BCUT2D eigenvalue weighted by Crippen LogP contribution is -2.41. The zero-order valence-corrected chi connectivity index (χ0v) is 18.2. The van der Waals surface area contributed by atoms with Crippen molar-refractivity contribution in [3.8, 4) is 0 Å². The third kappa shape index (κ3) is 8.46. The van der Waals surface area contributed by atoms with Gasteiger partial charge in [-0.2, -0.15) is 0 Å². The molecule has 3 N–H and O–H groups in total. The molecule has 7 nitrogen and oxygen atoms in total. The molecule has 0 aromatic heterocycles. The minimum atomic E-state index is -0.318. The number of carbonyl (C=O) groups is 2. The van der Waals surface area contributed by atoms with Gasteiger partial charge in [0.25, 0.3) is 5.91 Å². The van der Waals surface area contributed by atoms with Gasteiger partial charge in [0.15, 0.2) is 5.96 Å². The zero-order chi connectivity index (χ0) is 22.6. The summed E-state index contributed by atoms with van der Waals surface area (Å²) in [6.45, 7) is 4.09. The van der Waals surface area contributed by atoms with Gasteiger partial charge in [-0.1, -0.05) is 24.3 Å². The minimum Gasteiger partial charge on any atom is -0.357 e. The topological polar surface area (TPSA) is 85.8 Å². The van der Waals surface area contributed by atoms with E-state index in [0.717, 1.165) is 11.1 Å². The highest BCUT2D eigenvalue weighted by molar-refractivity contribution is 5.93. The molecule has 0 saturated carbocycles. The number of nitrogens with zero attached hydrogens (tertiary/aromatic N) is 2. The number of halogens is 1. The Balaban J connectivity index is 1.78. The number of rotatable bonds is 9. The molecular formula is C23H30FN5O2. The molecule has 0 spiro atoms. The van der Waals surface area contributed by atoms with Crippen molar-refractivity contribution < 1.29 is 14.0 Å². The molecule has 2 aromatic carbocycles. The van der Waals surface area contributed by atoms with Crippen LogP contribution in [0.15, 0.2) is 53.5 Å². The van der Waals surface area contributed by atoms with E-state index in [1.54, 1.807) is 43.3 Å². The lowest BCUT2D eigenvalue weighted by molar-refractivity contribution is -0.120. The summed E-state index contributed by atoms with van der Waals surface area (Å²) in [5.74, 6) is 0.166. The fourth-order valence-corrected chi connectivity index (χ4v) is 2.76. The molecule has 0 bridgehead atoms. The number of hydrogen-bond acceptors (Lipinski definition) is 3. The van der Waals surface area contributed by atoms with Gasteiger partial charge in [-0.3, -0.25) is 9.59 Å². The van der Waals surface area contributed by atoms with Gasteiger partial charge in [0.1, 0.15) is 5.82 Å². The van der Waals surface area contributed by atoms with Crippen LogP contribution in [0.5, 0.6) is 0 Å². The Hall–Kier alpha value is -3.42. The molecule has 0 unspecified atom stereocenters. The summed E-state index contributed by atoms with van der Waals surface area (Å²) in [5.41, 5.74) is 2.39. The smallest absolute Gasteiger partial charge is 0.253 e. The van der Waals surface area contributed by atoms with Crippen LogP contribution in [0.4, 0.5) is 4.39 Å². The summed E-state index contributed by atoms with van der Waals surface area (Å²) in [6.07, 6.45) is 0.209. The van der Waals surface area contributed by atoms with E-state index in [2.05, 4.69) is 20.9 Å². The second kappa shape index (κ2) is 12.3. The van der Waals surface area contributed by atoms with Gasteiger partial charge in [-0.15, -0.1) is 0 Å². The number of aliphatic imine (C=N–C) groups is 1. The fraction of sp³-hybridized carbons (Fsp3) is 0.348. The van der Waals surface area contributed by atoms with E-state index >= 15 is 0 Å². The van der Waals surface area contributed by atoms with Crippen molar-refractivity contribution in [2.45, 2.75) is 19.9 Å². The highest BCUT2D eigenvalue weighted by atomic mass is 19.1. The Labute approximate surface area is 182 Å². The Morgan fingerprint density at radius 1 is 0.903 bits per heavy atom. The largest absolute Gasteiger partial charge is 0.357 e. The number of hydrogen-bond donors (Lipinski definition) is 3. The first-order valence-electron chi connectivity index (χ1n) is 10.2. The summed E-state index contributed by atoms with van der Waals surface area (Å²) >= 11 is 0. The van der Waals surface area contributed by atoms with Gasteiger partial charge >= 0.3 is 0 Å². The average molecular weight is 428 g/mol. The van der Waals surface area contributed by atoms with Gasteiger partial charge in [0.05, 0.1) is 13.0 Å². The number of guanidine groups is 1. The standard InChI is InChI=1S/C23H30FN5O2/c1-4-25-23(28-16-18-5-9-19(10-6-18)22(31)29(2)3)27-14-13-26-21(30)15-17-7-11-20(24)12-8-17/h5-12H,4,13-16H2,1-3H3,(H,26,30)(H2,25,27,28). The molecule has 0 aliphatic heterocycles. The summed E-state index contributed by atoms with van der Waals surface area (Å²) in [7, 11) is 3.44. The second-order valence-electron chi connectivity index (χ2n) is 7.17. The van der Waals surface area contributed by atoms with E-state index in [1.807, 2.05) is 19.1 Å². The van der Waals surface area contributed by atoms with E-state index in [0.29, 0.717) is 37.7 Å². The third-order valence-corrected chi connectivity index (χ3v) is 4.39. The Kier molecular flexibility index (Phi) is 9.48. The molecular weight excluding hydrogens is 397 g/mol. The molecule has 2 aromatic rings. The molecule has 0 aliphatic rings. The SMILES string of the molecule is CCNC(=NCc1ccc(C(=O)N(C)C)cc1)NCCNC(=O)Cc1ccc(F)cc1. The number of nitrogens with one attached hydrogen (secondary N) is 3. The summed E-state index contributed by atoms with van der Waals surface area (Å²) in [4.78, 5) is 30.0. The highest BCUT2D eigenvalue weighted by Crippen LogP contribution is 2.07. The predicted octanol–water partition coefficient (Wildman–Crippen LogP) is 1.94. The molecule has 0 fully saturated rings. The maximum absolute atomic E-state index is 12.9. The van der Waals surface area contributed by atoms with E-state index < -0.39 is 0 Å². The second-order valence-corrected chi connectivity index (χ2v) is 7.17. The quantitative estimate of drug-likeness (QED) is 0.324. The van der Waals surface area contributed by atoms with Gasteiger partial charge < -0.3 is 20.9 Å². The monoisotopic (exact) mass is 427 g/mol. The van der Waals surface area contributed by atoms with E-state index in [9.17, 15) is 14.0 Å². The van der Waals surface area contributed by atoms with Crippen molar-refractivity contribution in [3.05, 3.63) is 71.0 Å². The molecule has 0 saturated heterocycles.